The predicted octanol–water partition coefficient (Wildman–Crippen LogP) is 4.11. The molecule has 0 bridgehead atoms. The molecule has 0 aliphatic carbocycles. The number of nitrogens with one attached hydrogen (secondary N) is 1. The predicted molar refractivity (Wildman–Crippen MR) is 93.6 cm³/mol. The van der Waals surface area contributed by atoms with Crippen LogP contribution in [0, 0.1) is 19.3 Å². The van der Waals surface area contributed by atoms with Crippen molar-refractivity contribution in [2.75, 3.05) is 5.32 Å². The average molecular weight is 306 g/mol. The number of amides is 1. The Kier molecular flexibility index (Phi) is 6.34. The first-order valence-corrected chi connectivity index (χ1v) is 7.96. The van der Waals surface area contributed by atoms with Gasteiger partial charge in [-0.3, -0.25) is 4.79 Å². The molecule has 0 radical (unpaired) electrons. The van der Waals surface area contributed by atoms with Crippen molar-refractivity contribution in [1.82, 2.24) is 0 Å². The van der Waals surface area contributed by atoms with Gasteiger partial charge in [-0.1, -0.05) is 56.6 Å². The third-order valence-corrected chi connectivity index (χ3v) is 4.28. The van der Waals surface area contributed by atoms with Crippen LogP contribution in [0.25, 0.3) is 0 Å². The summed E-state index contributed by atoms with van der Waals surface area (Å²) in [6.07, 6.45) is 3.12. The maximum absolute atomic E-state index is 12.8. The Morgan fingerprint density at radius 3 is 2.24 bits per heavy atom. The molecule has 21 heavy (non-hydrogen) atoms. The van der Waals surface area contributed by atoms with Crippen molar-refractivity contribution in [3.05, 3.63) is 29.3 Å². The number of nitrogens with two attached hydrogens (primary N) is 1. The Balaban J connectivity index is 3.08. The lowest BCUT2D eigenvalue weighted by atomic mass is 9.78. The van der Waals surface area contributed by atoms with Crippen molar-refractivity contribution >= 4 is 28.8 Å². The molecule has 0 saturated carbocycles. The molecule has 1 aromatic rings. The van der Waals surface area contributed by atoms with Gasteiger partial charge < -0.3 is 11.1 Å². The maximum Gasteiger partial charge on any atom is 0.237 e. The standard InChI is InChI=1S/C17H26N2OS/c1-5-9-17(10-6-2,15(18)21)16(20)19-14-8-7-12(3)11-13(14)4/h7-8,11H,5-6,9-10H2,1-4H3,(H2,18,21)(H,19,20). The van der Waals surface area contributed by atoms with Gasteiger partial charge in [0.25, 0.3) is 0 Å². The number of carbonyl (C=O) groups is 1. The van der Waals surface area contributed by atoms with Crippen LogP contribution in [0.3, 0.4) is 0 Å². The Morgan fingerprint density at radius 1 is 1.24 bits per heavy atom. The van der Waals surface area contributed by atoms with Gasteiger partial charge in [0, 0.05) is 5.69 Å². The van der Waals surface area contributed by atoms with Crippen LogP contribution in [0.1, 0.15) is 50.7 Å². The van der Waals surface area contributed by atoms with Gasteiger partial charge in [0.1, 0.15) is 0 Å². The molecule has 0 saturated heterocycles. The van der Waals surface area contributed by atoms with Crippen molar-refractivity contribution in [1.29, 1.82) is 0 Å². The number of hydrogen-bond donors (Lipinski definition) is 2. The number of rotatable bonds is 7. The minimum atomic E-state index is -0.740. The van der Waals surface area contributed by atoms with Crippen molar-refractivity contribution in [2.45, 2.75) is 53.4 Å². The van der Waals surface area contributed by atoms with E-state index in [-0.39, 0.29) is 5.91 Å². The molecule has 0 aliphatic rings. The zero-order chi connectivity index (χ0) is 16.0. The molecule has 1 rings (SSSR count). The highest BCUT2D eigenvalue weighted by Crippen LogP contribution is 2.32. The number of benzene rings is 1. The van der Waals surface area contributed by atoms with Gasteiger partial charge in [-0.05, 0) is 38.3 Å². The zero-order valence-electron chi connectivity index (χ0n) is 13.5. The topological polar surface area (TPSA) is 55.1 Å². The summed E-state index contributed by atoms with van der Waals surface area (Å²) in [6, 6.07) is 5.98. The normalized spacial score (nSPS) is 11.2. The molecule has 4 heteroatoms. The first-order valence-electron chi connectivity index (χ1n) is 7.56. The van der Waals surface area contributed by atoms with Crippen LogP contribution in [0.2, 0.25) is 0 Å². The number of thiocarbonyl (C=S) groups is 1. The maximum atomic E-state index is 12.8. The van der Waals surface area contributed by atoms with Crippen LogP contribution < -0.4 is 11.1 Å². The van der Waals surface area contributed by atoms with Crippen LogP contribution in [0.5, 0.6) is 0 Å². The molecule has 0 spiro atoms. The summed E-state index contributed by atoms with van der Waals surface area (Å²) >= 11 is 5.22. The highest BCUT2D eigenvalue weighted by molar-refractivity contribution is 7.80. The van der Waals surface area contributed by atoms with Crippen molar-refractivity contribution in [3.63, 3.8) is 0 Å². The molecule has 3 N–H and O–H groups in total. The molecule has 3 nitrogen and oxygen atoms in total. The monoisotopic (exact) mass is 306 g/mol. The number of hydrogen-bond acceptors (Lipinski definition) is 2. The van der Waals surface area contributed by atoms with Gasteiger partial charge >= 0.3 is 0 Å². The van der Waals surface area contributed by atoms with E-state index in [4.69, 9.17) is 18.0 Å². The lowest BCUT2D eigenvalue weighted by molar-refractivity contribution is -0.122. The first-order chi connectivity index (χ1) is 9.87. The quantitative estimate of drug-likeness (QED) is 0.745. The minimum absolute atomic E-state index is 0.0781. The summed E-state index contributed by atoms with van der Waals surface area (Å²) in [7, 11) is 0. The third-order valence-electron chi connectivity index (χ3n) is 3.89. The molecule has 0 aliphatic heterocycles. The van der Waals surface area contributed by atoms with E-state index < -0.39 is 5.41 Å². The summed E-state index contributed by atoms with van der Waals surface area (Å²) in [5.41, 5.74) is 8.25. The fourth-order valence-electron chi connectivity index (χ4n) is 2.76. The zero-order valence-corrected chi connectivity index (χ0v) is 14.3. The molecule has 0 heterocycles. The minimum Gasteiger partial charge on any atom is -0.392 e. The van der Waals surface area contributed by atoms with E-state index in [0.717, 1.165) is 24.1 Å². The average Bonchev–Trinajstić information content (AvgIpc) is 2.41. The fourth-order valence-corrected chi connectivity index (χ4v) is 3.06. The lowest BCUT2D eigenvalue weighted by Gasteiger charge is -2.31. The van der Waals surface area contributed by atoms with Gasteiger partial charge in [-0.25, -0.2) is 0 Å². The van der Waals surface area contributed by atoms with E-state index in [1.165, 1.54) is 5.56 Å². The largest absolute Gasteiger partial charge is 0.392 e. The number of aryl methyl sites for hydroxylation is 2. The molecule has 0 aromatic heterocycles. The molecule has 0 fully saturated rings. The summed E-state index contributed by atoms with van der Waals surface area (Å²) < 4.78 is 0. The molecular weight excluding hydrogens is 280 g/mol. The van der Waals surface area contributed by atoms with E-state index in [1.54, 1.807) is 0 Å². The smallest absolute Gasteiger partial charge is 0.237 e. The van der Waals surface area contributed by atoms with Crippen molar-refractivity contribution < 1.29 is 4.79 Å². The van der Waals surface area contributed by atoms with Crippen LogP contribution in [-0.4, -0.2) is 10.9 Å². The molecule has 0 atom stereocenters. The van der Waals surface area contributed by atoms with Crippen LogP contribution >= 0.6 is 12.2 Å². The van der Waals surface area contributed by atoms with Gasteiger partial charge in [0.15, 0.2) is 0 Å². The fraction of sp³-hybridized carbons (Fsp3) is 0.529. The van der Waals surface area contributed by atoms with Gasteiger partial charge in [-0.15, -0.1) is 0 Å². The molecule has 116 valence electrons. The van der Waals surface area contributed by atoms with Crippen molar-refractivity contribution in [3.8, 4) is 0 Å². The second-order valence-corrected chi connectivity index (χ2v) is 6.16. The Bertz CT molecular complexity index is 520. The van der Waals surface area contributed by atoms with Gasteiger partial charge in [-0.2, -0.15) is 0 Å². The third kappa shape index (κ3) is 4.03. The SMILES string of the molecule is CCCC(CCC)(C(=O)Nc1ccc(C)cc1C)C(N)=S. The second-order valence-electron chi connectivity index (χ2n) is 5.72. The summed E-state index contributed by atoms with van der Waals surface area (Å²) in [6.45, 7) is 8.12. The Morgan fingerprint density at radius 2 is 1.81 bits per heavy atom. The lowest BCUT2D eigenvalue weighted by Crippen LogP contribution is -2.46. The van der Waals surface area contributed by atoms with E-state index in [9.17, 15) is 4.79 Å². The molecular formula is C17H26N2OS. The Labute approximate surface area is 133 Å². The summed E-state index contributed by atoms with van der Waals surface area (Å²) in [4.78, 5) is 13.1. The van der Waals surface area contributed by atoms with E-state index in [0.29, 0.717) is 17.8 Å². The van der Waals surface area contributed by atoms with E-state index >= 15 is 0 Å². The Hall–Kier alpha value is -1.42. The van der Waals surface area contributed by atoms with Crippen LogP contribution in [0.4, 0.5) is 5.69 Å². The summed E-state index contributed by atoms with van der Waals surface area (Å²) in [5, 5.41) is 3.02. The van der Waals surface area contributed by atoms with E-state index in [2.05, 4.69) is 11.4 Å². The molecule has 0 unspecified atom stereocenters. The molecule has 1 amide bonds. The molecule has 1 aromatic carbocycles. The van der Waals surface area contributed by atoms with Crippen LogP contribution in [-0.2, 0) is 4.79 Å². The number of carbonyl (C=O) groups excluding carboxylic acids is 1. The highest BCUT2D eigenvalue weighted by Gasteiger charge is 2.39. The van der Waals surface area contributed by atoms with Crippen molar-refractivity contribution in [2.24, 2.45) is 11.1 Å². The highest BCUT2D eigenvalue weighted by atomic mass is 32.1. The van der Waals surface area contributed by atoms with E-state index in [1.807, 2.05) is 39.8 Å². The number of anilines is 1. The summed E-state index contributed by atoms with van der Waals surface area (Å²) in [5.74, 6) is -0.0781. The second kappa shape index (κ2) is 7.55. The van der Waals surface area contributed by atoms with Crippen LogP contribution in [0.15, 0.2) is 18.2 Å². The van der Waals surface area contributed by atoms with Gasteiger partial charge in [0.05, 0.1) is 10.4 Å². The van der Waals surface area contributed by atoms with Gasteiger partial charge in [0.2, 0.25) is 5.91 Å². The first kappa shape index (κ1) is 17.6.